The molecule has 0 bridgehead atoms. The first-order chi connectivity index (χ1) is 10.2. The first-order valence-electron chi connectivity index (χ1n) is 7.05. The molecule has 108 valence electrons. The molecule has 1 heterocycles. The van der Waals surface area contributed by atoms with Crippen LogP contribution in [-0.4, -0.2) is 23.9 Å². The summed E-state index contributed by atoms with van der Waals surface area (Å²) in [7, 11) is 0. The zero-order valence-corrected chi connectivity index (χ0v) is 13.8. The van der Waals surface area contributed by atoms with Crippen LogP contribution in [0.3, 0.4) is 0 Å². The van der Waals surface area contributed by atoms with E-state index in [0.29, 0.717) is 6.54 Å². The molecule has 0 spiro atoms. The molecule has 0 atom stereocenters. The maximum atomic E-state index is 12.1. The first kappa shape index (κ1) is 14.5. The van der Waals surface area contributed by atoms with Crippen molar-refractivity contribution in [1.29, 1.82) is 0 Å². The SMILES string of the molecule is O=C(CN1CCc2ccccc2C1)Nc1ccc(I)cc1. The van der Waals surface area contributed by atoms with E-state index in [0.717, 1.165) is 25.2 Å². The molecule has 1 aliphatic heterocycles. The minimum Gasteiger partial charge on any atom is -0.325 e. The smallest absolute Gasteiger partial charge is 0.238 e. The van der Waals surface area contributed by atoms with Crippen molar-refractivity contribution in [1.82, 2.24) is 4.90 Å². The van der Waals surface area contributed by atoms with Crippen LogP contribution < -0.4 is 5.32 Å². The van der Waals surface area contributed by atoms with Crippen molar-refractivity contribution in [3.63, 3.8) is 0 Å². The number of anilines is 1. The van der Waals surface area contributed by atoms with Gasteiger partial charge < -0.3 is 5.32 Å². The second-order valence-corrected chi connectivity index (χ2v) is 6.53. The van der Waals surface area contributed by atoms with Crippen LogP contribution in [0.15, 0.2) is 48.5 Å². The third kappa shape index (κ3) is 3.83. The Bertz CT molecular complexity index is 639. The van der Waals surface area contributed by atoms with Crippen LogP contribution in [0.1, 0.15) is 11.1 Å². The van der Waals surface area contributed by atoms with Gasteiger partial charge in [-0.05, 0) is 64.4 Å². The number of rotatable bonds is 3. The molecule has 0 unspecified atom stereocenters. The minimum atomic E-state index is 0.0515. The average molecular weight is 392 g/mol. The molecular weight excluding hydrogens is 375 g/mol. The molecule has 3 rings (SSSR count). The zero-order chi connectivity index (χ0) is 14.7. The van der Waals surface area contributed by atoms with Crippen LogP contribution >= 0.6 is 22.6 Å². The third-order valence-electron chi connectivity index (χ3n) is 3.70. The van der Waals surface area contributed by atoms with Gasteiger partial charge in [0.05, 0.1) is 6.54 Å². The Balaban J connectivity index is 1.57. The normalized spacial score (nSPS) is 14.5. The number of nitrogens with zero attached hydrogens (tertiary/aromatic N) is 1. The number of hydrogen-bond donors (Lipinski definition) is 1. The van der Waals surface area contributed by atoms with Crippen LogP contribution in [0.4, 0.5) is 5.69 Å². The molecular formula is C17H17IN2O. The Morgan fingerprint density at radius 3 is 2.57 bits per heavy atom. The van der Waals surface area contributed by atoms with Gasteiger partial charge in [-0.15, -0.1) is 0 Å². The van der Waals surface area contributed by atoms with Gasteiger partial charge in [-0.2, -0.15) is 0 Å². The van der Waals surface area contributed by atoms with Crippen molar-refractivity contribution >= 4 is 34.2 Å². The van der Waals surface area contributed by atoms with E-state index in [4.69, 9.17) is 0 Å². The van der Waals surface area contributed by atoms with Crippen LogP contribution in [-0.2, 0) is 17.8 Å². The molecule has 1 N–H and O–H groups in total. The summed E-state index contributed by atoms with van der Waals surface area (Å²) < 4.78 is 1.17. The number of halogens is 1. The molecule has 3 nitrogen and oxygen atoms in total. The molecule has 21 heavy (non-hydrogen) atoms. The van der Waals surface area contributed by atoms with E-state index in [-0.39, 0.29) is 5.91 Å². The molecule has 2 aromatic carbocycles. The third-order valence-corrected chi connectivity index (χ3v) is 4.42. The minimum absolute atomic E-state index is 0.0515. The number of benzene rings is 2. The molecule has 0 fully saturated rings. The van der Waals surface area contributed by atoms with Gasteiger partial charge in [0.1, 0.15) is 0 Å². The van der Waals surface area contributed by atoms with Crippen molar-refractivity contribution in [3.8, 4) is 0 Å². The number of carbonyl (C=O) groups excluding carboxylic acids is 1. The van der Waals surface area contributed by atoms with Crippen molar-refractivity contribution < 1.29 is 4.79 Å². The average Bonchev–Trinajstić information content (AvgIpc) is 2.49. The number of nitrogens with one attached hydrogen (secondary N) is 1. The van der Waals surface area contributed by atoms with Crippen molar-refractivity contribution in [2.75, 3.05) is 18.4 Å². The van der Waals surface area contributed by atoms with Crippen LogP contribution in [0.5, 0.6) is 0 Å². The van der Waals surface area contributed by atoms with Gasteiger partial charge in [0.25, 0.3) is 0 Å². The highest BCUT2D eigenvalue weighted by Gasteiger charge is 2.17. The maximum Gasteiger partial charge on any atom is 0.238 e. The lowest BCUT2D eigenvalue weighted by molar-refractivity contribution is -0.117. The highest BCUT2D eigenvalue weighted by Crippen LogP contribution is 2.18. The molecule has 2 aromatic rings. The van der Waals surface area contributed by atoms with Crippen molar-refractivity contribution in [2.45, 2.75) is 13.0 Å². The molecule has 0 saturated carbocycles. The summed E-state index contributed by atoms with van der Waals surface area (Å²) in [6.07, 6.45) is 1.02. The first-order valence-corrected chi connectivity index (χ1v) is 8.13. The topological polar surface area (TPSA) is 32.3 Å². The van der Waals surface area contributed by atoms with Crippen molar-refractivity contribution in [2.24, 2.45) is 0 Å². The molecule has 1 amide bonds. The summed E-state index contributed by atoms with van der Waals surface area (Å²) in [5, 5.41) is 2.96. The Morgan fingerprint density at radius 2 is 1.81 bits per heavy atom. The lowest BCUT2D eigenvalue weighted by Gasteiger charge is -2.28. The fourth-order valence-electron chi connectivity index (χ4n) is 2.63. The monoisotopic (exact) mass is 392 g/mol. The summed E-state index contributed by atoms with van der Waals surface area (Å²) in [6, 6.07) is 16.3. The molecule has 0 aliphatic carbocycles. The lowest BCUT2D eigenvalue weighted by Crippen LogP contribution is -2.37. The standard InChI is InChI=1S/C17H17IN2O/c18-15-5-7-16(8-6-15)19-17(21)12-20-10-9-13-3-1-2-4-14(13)11-20/h1-8H,9-12H2,(H,19,21). The Kier molecular flexibility index (Phi) is 4.55. The van der Waals surface area contributed by atoms with Crippen molar-refractivity contribution in [3.05, 3.63) is 63.2 Å². The second-order valence-electron chi connectivity index (χ2n) is 5.28. The zero-order valence-electron chi connectivity index (χ0n) is 11.7. The highest BCUT2D eigenvalue weighted by atomic mass is 127. The van der Waals surface area contributed by atoms with Gasteiger partial charge in [0.2, 0.25) is 5.91 Å². The molecule has 0 saturated heterocycles. The predicted octanol–water partition coefficient (Wildman–Crippen LogP) is 3.29. The van der Waals surface area contributed by atoms with Gasteiger partial charge in [-0.25, -0.2) is 0 Å². The summed E-state index contributed by atoms with van der Waals surface area (Å²) in [5.41, 5.74) is 3.61. The van der Waals surface area contributed by atoms with Gasteiger partial charge in [-0.3, -0.25) is 9.69 Å². The van der Waals surface area contributed by atoms with E-state index in [1.165, 1.54) is 14.7 Å². The van der Waals surface area contributed by atoms with E-state index in [2.05, 4.69) is 57.1 Å². The molecule has 0 radical (unpaired) electrons. The van der Waals surface area contributed by atoms with Crippen LogP contribution in [0.25, 0.3) is 0 Å². The molecule has 1 aliphatic rings. The quantitative estimate of drug-likeness (QED) is 0.814. The van der Waals surface area contributed by atoms with E-state index in [1.807, 2.05) is 24.3 Å². The highest BCUT2D eigenvalue weighted by molar-refractivity contribution is 14.1. The Labute approximate surface area is 138 Å². The van der Waals surface area contributed by atoms with Gasteiger partial charge in [0.15, 0.2) is 0 Å². The fourth-order valence-corrected chi connectivity index (χ4v) is 2.99. The van der Waals surface area contributed by atoms with E-state index >= 15 is 0 Å². The number of hydrogen-bond acceptors (Lipinski definition) is 2. The number of fused-ring (bicyclic) bond motifs is 1. The summed E-state index contributed by atoms with van der Waals surface area (Å²) in [4.78, 5) is 14.3. The summed E-state index contributed by atoms with van der Waals surface area (Å²) >= 11 is 2.25. The van der Waals surface area contributed by atoms with Crippen LogP contribution in [0, 0.1) is 3.57 Å². The lowest BCUT2D eigenvalue weighted by atomic mass is 10.00. The number of amides is 1. The van der Waals surface area contributed by atoms with Gasteiger partial charge >= 0.3 is 0 Å². The number of carbonyl (C=O) groups is 1. The van der Waals surface area contributed by atoms with E-state index in [9.17, 15) is 4.79 Å². The summed E-state index contributed by atoms with van der Waals surface area (Å²) in [5.74, 6) is 0.0515. The van der Waals surface area contributed by atoms with Gasteiger partial charge in [-0.1, -0.05) is 24.3 Å². The van der Waals surface area contributed by atoms with E-state index < -0.39 is 0 Å². The van der Waals surface area contributed by atoms with Crippen LogP contribution in [0.2, 0.25) is 0 Å². The molecule has 4 heteroatoms. The fraction of sp³-hybridized carbons (Fsp3) is 0.235. The second kappa shape index (κ2) is 6.58. The maximum absolute atomic E-state index is 12.1. The van der Waals surface area contributed by atoms with Gasteiger partial charge in [0, 0.05) is 22.3 Å². The Hall–Kier alpha value is -1.40. The summed E-state index contributed by atoms with van der Waals surface area (Å²) in [6.45, 7) is 2.24. The molecule has 0 aromatic heterocycles. The van der Waals surface area contributed by atoms with E-state index in [1.54, 1.807) is 0 Å². The predicted molar refractivity (Wildman–Crippen MR) is 93.2 cm³/mol. The largest absolute Gasteiger partial charge is 0.325 e. The Morgan fingerprint density at radius 1 is 1.10 bits per heavy atom.